The van der Waals surface area contributed by atoms with Gasteiger partial charge in [-0.3, -0.25) is 18.9 Å². The van der Waals surface area contributed by atoms with Gasteiger partial charge in [-0.15, -0.1) is 0 Å². The number of nitrogens with one attached hydrogen (secondary N) is 2. The number of carboxylic acid groups (broad SMARTS) is 1. The van der Waals surface area contributed by atoms with Gasteiger partial charge in [0.1, 0.15) is 6.09 Å². The van der Waals surface area contributed by atoms with Crippen LogP contribution in [0.2, 0.25) is 0 Å². The summed E-state index contributed by atoms with van der Waals surface area (Å²) in [5.41, 5.74) is 2.01. The number of aryl methyl sites for hydroxylation is 1. The first-order valence-electron chi connectivity index (χ1n) is 18.8. The van der Waals surface area contributed by atoms with E-state index in [1.807, 2.05) is 13.0 Å². The minimum atomic E-state index is -3.32. The van der Waals surface area contributed by atoms with E-state index in [-0.39, 0.29) is 41.1 Å². The lowest BCUT2D eigenvalue weighted by Crippen LogP contribution is -2.55. The maximum atomic E-state index is 15.0. The highest BCUT2D eigenvalue weighted by atomic mass is 19.3. The molecule has 17 heteroatoms. The fourth-order valence-electron chi connectivity index (χ4n) is 8.38. The second-order valence-electron chi connectivity index (χ2n) is 15.2. The number of hydrogen-bond donors (Lipinski definition) is 2. The average Bonchev–Trinajstić information content (AvgIpc) is 3.77. The number of aromatic nitrogens is 3. The predicted octanol–water partition coefficient (Wildman–Crippen LogP) is 4.29. The van der Waals surface area contributed by atoms with E-state index >= 15 is 0 Å². The number of quaternary nitrogens is 1. The van der Waals surface area contributed by atoms with Crippen LogP contribution in [-0.2, 0) is 11.2 Å². The number of likely N-dealkylation sites (tertiary alicyclic amines) is 2. The normalized spacial score (nSPS) is 20.3. The minimum Gasteiger partial charge on any atom is -0.530 e. The highest BCUT2D eigenvalue weighted by Gasteiger charge is 2.40. The second kappa shape index (κ2) is 16.1. The summed E-state index contributed by atoms with van der Waals surface area (Å²) in [7, 11) is 2.21. The molecule has 56 heavy (non-hydrogen) atoms. The number of piperidine rings is 1. The number of carbonyl (C=O) groups excluding carboxylic acids is 3. The van der Waals surface area contributed by atoms with Crippen molar-refractivity contribution in [2.24, 2.45) is 17.8 Å². The molecule has 2 unspecified atom stereocenters. The smallest absolute Gasteiger partial charge is 0.387 e. The number of ether oxygens (including phenoxy) is 1. The molecule has 0 radical (unpaired) electrons. The molecule has 0 aliphatic carbocycles. The van der Waals surface area contributed by atoms with E-state index in [4.69, 9.17) is 0 Å². The van der Waals surface area contributed by atoms with Crippen LogP contribution >= 0.6 is 0 Å². The molecule has 298 valence electrons. The number of imide groups is 1. The van der Waals surface area contributed by atoms with E-state index in [9.17, 15) is 37.1 Å². The van der Waals surface area contributed by atoms with Gasteiger partial charge in [0, 0.05) is 86.1 Å². The van der Waals surface area contributed by atoms with E-state index in [0.29, 0.717) is 49.5 Å². The van der Waals surface area contributed by atoms with Gasteiger partial charge in [-0.1, -0.05) is 6.92 Å². The van der Waals surface area contributed by atoms with Gasteiger partial charge in [0.05, 0.1) is 38.6 Å². The molecule has 0 saturated carbocycles. The first-order chi connectivity index (χ1) is 26.8. The quantitative estimate of drug-likeness (QED) is 0.159. The Kier molecular flexibility index (Phi) is 11.2. The summed E-state index contributed by atoms with van der Waals surface area (Å²) in [5.74, 6) is -4.02. The van der Waals surface area contributed by atoms with Gasteiger partial charge < -0.3 is 34.7 Å². The van der Waals surface area contributed by atoms with Gasteiger partial charge in [0.15, 0.2) is 23.0 Å². The molecule has 2 N–H and O–H groups in total. The lowest BCUT2D eigenvalue weighted by Gasteiger charge is -2.38. The van der Waals surface area contributed by atoms with Gasteiger partial charge in [-0.2, -0.15) is 13.2 Å². The standard InChI is InChI=1S/C39H44F4N8O5/c1-3-25-16-27(47-34-35-46-19-30(49(35)14-11-45-34)29-6-7-31(56-38(42)43)33(41)32(29)40)4-5-28(25)37(53)48-12-8-26(9-13-48)36(52)50(39(54)55)20-23-10-15-51(2,21-23)22-24-17-44-18-24/h4-7,11,14,16,19,23-24,26,38,44H,3,8-10,12-13,15,17-18,20-22H2,1-2H3,(H-,45,47,53,54,55). The van der Waals surface area contributed by atoms with Crippen molar-refractivity contribution in [3.8, 4) is 17.0 Å². The van der Waals surface area contributed by atoms with Crippen molar-refractivity contribution in [2.75, 3.05) is 64.7 Å². The number of nitrogens with zero attached hydrogens (tertiary/aromatic N) is 6. The number of halogens is 4. The maximum Gasteiger partial charge on any atom is 0.387 e. The van der Waals surface area contributed by atoms with Crippen molar-refractivity contribution >= 4 is 35.1 Å². The summed E-state index contributed by atoms with van der Waals surface area (Å²) < 4.78 is 61.2. The Hall–Kier alpha value is -5.29. The summed E-state index contributed by atoms with van der Waals surface area (Å²) in [4.78, 5) is 50.7. The summed E-state index contributed by atoms with van der Waals surface area (Å²) in [6.45, 7) is 4.19. The molecule has 13 nitrogen and oxygen atoms in total. The molecule has 4 aromatic rings. The molecule has 5 heterocycles. The Morgan fingerprint density at radius 2 is 1.84 bits per heavy atom. The molecule has 0 spiro atoms. The van der Waals surface area contributed by atoms with E-state index in [0.717, 1.165) is 66.2 Å². The number of hydrogen-bond acceptors (Lipinski definition) is 9. The Morgan fingerprint density at radius 3 is 2.52 bits per heavy atom. The number of imidazole rings is 1. The molecule has 3 saturated heterocycles. The van der Waals surface area contributed by atoms with Crippen LogP contribution in [0.3, 0.4) is 0 Å². The maximum absolute atomic E-state index is 15.0. The fourth-order valence-corrected chi connectivity index (χ4v) is 8.38. The lowest BCUT2D eigenvalue weighted by molar-refractivity contribution is -0.902. The number of alkyl halides is 2. The first-order valence-corrected chi connectivity index (χ1v) is 18.8. The second-order valence-corrected chi connectivity index (χ2v) is 15.2. The van der Waals surface area contributed by atoms with Crippen molar-refractivity contribution < 1.29 is 46.3 Å². The van der Waals surface area contributed by atoms with Crippen LogP contribution in [-0.4, -0.2) is 113 Å². The van der Waals surface area contributed by atoms with Crippen molar-refractivity contribution in [1.82, 2.24) is 29.5 Å². The van der Waals surface area contributed by atoms with E-state index in [1.165, 1.54) is 23.0 Å². The van der Waals surface area contributed by atoms with Gasteiger partial charge in [0.25, 0.3) is 5.91 Å². The summed E-state index contributed by atoms with van der Waals surface area (Å²) in [6.07, 6.45) is 4.81. The van der Waals surface area contributed by atoms with Gasteiger partial charge in [-0.05, 0) is 55.2 Å². The van der Waals surface area contributed by atoms with Crippen LogP contribution in [0.5, 0.6) is 5.75 Å². The zero-order chi connectivity index (χ0) is 39.7. The number of rotatable bonds is 12. The van der Waals surface area contributed by atoms with Gasteiger partial charge >= 0.3 is 6.61 Å². The number of fused-ring (bicyclic) bond motifs is 1. The largest absolute Gasteiger partial charge is 0.530 e. The third-order valence-corrected chi connectivity index (χ3v) is 11.3. The highest BCUT2D eigenvalue weighted by Crippen LogP contribution is 2.33. The Bertz CT molecular complexity index is 2120. The van der Waals surface area contributed by atoms with Crippen LogP contribution in [0.15, 0.2) is 48.9 Å². The average molecular weight is 781 g/mol. The number of benzene rings is 2. The van der Waals surface area contributed by atoms with Crippen LogP contribution in [0.1, 0.15) is 42.1 Å². The Labute approximate surface area is 320 Å². The molecular weight excluding hydrogens is 736 g/mol. The summed E-state index contributed by atoms with van der Waals surface area (Å²) in [5, 5.41) is 18.7. The molecule has 3 amide bonds. The van der Waals surface area contributed by atoms with E-state index in [1.54, 1.807) is 17.0 Å². The van der Waals surface area contributed by atoms with Crippen molar-refractivity contribution in [3.63, 3.8) is 0 Å². The van der Waals surface area contributed by atoms with Crippen molar-refractivity contribution in [2.45, 2.75) is 39.2 Å². The monoisotopic (exact) mass is 780 g/mol. The van der Waals surface area contributed by atoms with Crippen LogP contribution < -0.4 is 20.5 Å². The minimum absolute atomic E-state index is 0.0837. The molecule has 2 aromatic heterocycles. The Balaban J connectivity index is 0.986. The molecule has 0 bridgehead atoms. The fraction of sp³-hybridized carbons (Fsp3) is 0.462. The van der Waals surface area contributed by atoms with Crippen LogP contribution in [0.4, 0.5) is 33.9 Å². The molecule has 2 aromatic carbocycles. The zero-order valence-corrected chi connectivity index (χ0v) is 31.1. The molecule has 3 fully saturated rings. The Morgan fingerprint density at radius 1 is 1.07 bits per heavy atom. The topological polar surface area (TPSA) is 144 Å². The SMILES string of the molecule is CCc1cc(Nc2nccn3c(-c4ccc(OC(F)F)c(F)c4F)cnc23)ccc1C(=O)N1CCC(C(=O)N(CC2CC[N+](C)(CC3CNC3)C2)C(=O)[O-])CC1. The van der Waals surface area contributed by atoms with Crippen molar-refractivity contribution in [1.29, 1.82) is 0 Å². The number of amides is 3. The zero-order valence-electron chi connectivity index (χ0n) is 31.1. The molecular formula is C39H44F4N8O5. The van der Waals surface area contributed by atoms with Crippen LogP contribution in [0, 0.1) is 29.4 Å². The number of carbonyl (C=O) groups is 3. The van der Waals surface area contributed by atoms with Crippen LogP contribution in [0.25, 0.3) is 16.9 Å². The van der Waals surface area contributed by atoms with Crippen molar-refractivity contribution in [3.05, 3.63) is 71.7 Å². The molecule has 3 aliphatic rings. The van der Waals surface area contributed by atoms with E-state index in [2.05, 4.69) is 32.4 Å². The molecule has 7 rings (SSSR count). The third kappa shape index (κ3) is 8.00. The van der Waals surface area contributed by atoms with Gasteiger partial charge in [-0.25, -0.2) is 14.4 Å². The van der Waals surface area contributed by atoms with Gasteiger partial charge in [0.2, 0.25) is 11.7 Å². The third-order valence-electron chi connectivity index (χ3n) is 11.3. The molecule has 2 atom stereocenters. The lowest BCUT2D eigenvalue weighted by atomic mass is 9.93. The summed E-state index contributed by atoms with van der Waals surface area (Å²) in [6, 6.07) is 7.26. The molecule has 3 aliphatic heterocycles. The predicted molar refractivity (Wildman–Crippen MR) is 195 cm³/mol. The summed E-state index contributed by atoms with van der Waals surface area (Å²) >= 11 is 0. The first kappa shape index (κ1) is 39.0. The number of anilines is 2. The highest BCUT2D eigenvalue weighted by molar-refractivity contribution is 5.97. The van der Waals surface area contributed by atoms with E-state index < -0.39 is 41.9 Å².